The van der Waals surface area contributed by atoms with Crippen LogP contribution in [-0.4, -0.2) is 53.8 Å². The topological polar surface area (TPSA) is 88.3 Å². The Morgan fingerprint density at radius 1 is 1.36 bits per heavy atom. The molecule has 6 heteroatoms. The fourth-order valence-corrected chi connectivity index (χ4v) is 4.28. The molecule has 0 aromatic carbocycles. The van der Waals surface area contributed by atoms with Gasteiger partial charge in [0, 0.05) is 42.6 Å². The number of ketones is 1. The summed E-state index contributed by atoms with van der Waals surface area (Å²) >= 11 is 0. The van der Waals surface area contributed by atoms with E-state index in [1.165, 1.54) is 6.92 Å². The number of aryl methyl sites for hydroxylation is 1. The van der Waals surface area contributed by atoms with Gasteiger partial charge >= 0.3 is 0 Å². The first-order chi connectivity index (χ1) is 13.3. The first-order valence-electron chi connectivity index (χ1n) is 10.1. The molecule has 0 saturated carbocycles. The molecule has 1 aromatic rings. The number of aromatic nitrogens is 1. The number of nitrogens with one attached hydrogen (secondary N) is 1. The lowest BCUT2D eigenvalue weighted by molar-refractivity contribution is -0.113. The van der Waals surface area contributed by atoms with E-state index in [9.17, 15) is 9.59 Å². The molecule has 0 radical (unpaired) electrons. The standard InChI is InChI=1S/C22H30N4O2/c1-13(2)21-16-11-19(23)18(12-27)20(15(4)28)22(17(16)10-14(3)25-21)26-8-5-6-24-7-9-26/h10,13,19,24H,5-9,11,23H2,1-4H3. The van der Waals surface area contributed by atoms with Crippen molar-refractivity contribution in [3.8, 4) is 0 Å². The zero-order chi connectivity index (χ0) is 20.4. The first kappa shape index (κ1) is 20.5. The number of Topliss-reactive ketones (excluding diaryl/α,β-unsaturated/α-hetero) is 1. The summed E-state index contributed by atoms with van der Waals surface area (Å²) in [6.07, 6.45) is 1.45. The molecule has 0 bridgehead atoms. The second-order valence-electron chi connectivity index (χ2n) is 8.03. The van der Waals surface area contributed by atoms with Gasteiger partial charge in [-0.05, 0) is 50.8 Å². The van der Waals surface area contributed by atoms with Crippen molar-refractivity contribution in [2.45, 2.75) is 52.5 Å². The van der Waals surface area contributed by atoms with E-state index in [0.29, 0.717) is 12.0 Å². The van der Waals surface area contributed by atoms with Crippen LogP contribution in [0.1, 0.15) is 55.6 Å². The molecular formula is C22H30N4O2. The molecule has 1 unspecified atom stereocenters. The number of rotatable bonds is 3. The highest BCUT2D eigenvalue weighted by atomic mass is 16.1. The van der Waals surface area contributed by atoms with Crippen LogP contribution >= 0.6 is 0 Å². The maximum absolute atomic E-state index is 12.7. The van der Waals surface area contributed by atoms with Gasteiger partial charge in [-0.15, -0.1) is 0 Å². The highest BCUT2D eigenvalue weighted by molar-refractivity contribution is 6.08. The predicted molar refractivity (Wildman–Crippen MR) is 111 cm³/mol. The molecule has 1 aliphatic carbocycles. The van der Waals surface area contributed by atoms with Gasteiger partial charge in [0.2, 0.25) is 0 Å². The number of fused-ring (bicyclic) bond motifs is 1. The molecule has 2 heterocycles. The summed E-state index contributed by atoms with van der Waals surface area (Å²) < 4.78 is 0. The summed E-state index contributed by atoms with van der Waals surface area (Å²) in [5.41, 5.74) is 11.9. The van der Waals surface area contributed by atoms with Gasteiger partial charge < -0.3 is 16.0 Å². The average molecular weight is 383 g/mol. The number of nitrogens with zero attached hydrogens (tertiary/aromatic N) is 2. The van der Waals surface area contributed by atoms with Gasteiger partial charge in [0.1, 0.15) is 5.94 Å². The number of hydrogen-bond donors (Lipinski definition) is 2. The zero-order valence-corrected chi connectivity index (χ0v) is 17.3. The van der Waals surface area contributed by atoms with Gasteiger partial charge in [-0.3, -0.25) is 9.78 Å². The van der Waals surface area contributed by atoms with Crippen molar-refractivity contribution in [3.05, 3.63) is 39.7 Å². The van der Waals surface area contributed by atoms with Gasteiger partial charge in [0.15, 0.2) is 5.78 Å². The Labute approximate surface area is 166 Å². The predicted octanol–water partition coefficient (Wildman–Crippen LogP) is 1.75. The van der Waals surface area contributed by atoms with Crippen LogP contribution in [0.2, 0.25) is 0 Å². The van der Waals surface area contributed by atoms with Crippen LogP contribution < -0.4 is 11.1 Å². The summed E-state index contributed by atoms with van der Waals surface area (Å²) in [6.45, 7) is 11.1. The van der Waals surface area contributed by atoms with Gasteiger partial charge in [0.05, 0.1) is 16.8 Å². The van der Waals surface area contributed by atoms with Gasteiger partial charge in [0.25, 0.3) is 0 Å². The number of pyridine rings is 1. The quantitative estimate of drug-likeness (QED) is 0.775. The van der Waals surface area contributed by atoms with Crippen LogP contribution in [-0.2, 0) is 16.0 Å². The maximum Gasteiger partial charge on any atom is 0.162 e. The van der Waals surface area contributed by atoms with E-state index in [1.54, 1.807) is 0 Å². The van der Waals surface area contributed by atoms with Crippen LogP contribution in [0.4, 0.5) is 0 Å². The SMILES string of the molecule is CC(=O)C1=C(N2CCCNCC2)c2cc(C)nc(C(C)C)c2CC(N)C1=C=O. The Bertz CT molecular complexity index is 858. The molecule has 1 fully saturated rings. The van der Waals surface area contributed by atoms with E-state index < -0.39 is 6.04 Å². The summed E-state index contributed by atoms with van der Waals surface area (Å²) in [7, 11) is 0. The fourth-order valence-electron chi connectivity index (χ4n) is 4.28. The summed E-state index contributed by atoms with van der Waals surface area (Å²) in [5, 5.41) is 3.40. The summed E-state index contributed by atoms with van der Waals surface area (Å²) in [4.78, 5) is 31.7. The molecular weight excluding hydrogens is 352 g/mol. The third-order valence-corrected chi connectivity index (χ3v) is 5.51. The van der Waals surface area contributed by atoms with E-state index in [0.717, 1.165) is 60.8 Å². The molecule has 1 aromatic heterocycles. The second kappa shape index (κ2) is 8.39. The molecule has 1 aliphatic heterocycles. The number of carbonyl (C=O) groups is 1. The Hall–Kier alpha value is -2.27. The molecule has 1 atom stereocenters. The van der Waals surface area contributed by atoms with Crippen molar-refractivity contribution in [1.29, 1.82) is 0 Å². The minimum absolute atomic E-state index is 0.144. The third-order valence-electron chi connectivity index (χ3n) is 5.51. The maximum atomic E-state index is 12.7. The number of carbonyl (C=O) groups excluding carboxylic acids is 2. The zero-order valence-electron chi connectivity index (χ0n) is 17.3. The smallest absolute Gasteiger partial charge is 0.162 e. The van der Waals surface area contributed by atoms with Crippen molar-refractivity contribution in [3.63, 3.8) is 0 Å². The lowest BCUT2D eigenvalue weighted by Crippen LogP contribution is -2.30. The Kier molecular flexibility index (Phi) is 6.14. The molecule has 0 spiro atoms. The molecule has 150 valence electrons. The molecule has 2 aliphatic rings. The lowest BCUT2D eigenvalue weighted by atomic mass is 9.93. The Morgan fingerprint density at radius 2 is 2.11 bits per heavy atom. The van der Waals surface area contributed by atoms with Crippen LogP contribution in [0.5, 0.6) is 0 Å². The van der Waals surface area contributed by atoms with E-state index in [-0.39, 0.29) is 17.3 Å². The largest absolute Gasteiger partial charge is 0.369 e. The van der Waals surface area contributed by atoms with Crippen molar-refractivity contribution < 1.29 is 9.59 Å². The van der Waals surface area contributed by atoms with E-state index >= 15 is 0 Å². The minimum atomic E-state index is -0.570. The van der Waals surface area contributed by atoms with Crippen molar-refractivity contribution in [2.24, 2.45) is 5.73 Å². The number of hydrogen-bond acceptors (Lipinski definition) is 6. The van der Waals surface area contributed by atoms with Crippen molar-refractivity contribution >= 4 is 17.4 Å². The van der Waals surface area contributed by atoms with Gasteiger partial charge in [-0.25, -0.2) is 4.79 Å². The van der Waals surface area contributed by atoms with E-state index in [2.05, 4.69) is 24.1 Å². The molecule has 6 nitrogen and oxygen atoms in total. The molecule has 28 heavy (non-hydrogen) atoms. The Morgan fingerprint density at radius 3 is 2.75 bits per heavy atom. The minimum Gasteiger partial charge on any atom is -0.369 e. The van der Waals surface area contributed by atoms with E-state index in [4.69, 9.17) is 10.7 Å². The molecule has 0 amide bonds. The summed E-state index contributed by atoms with van der Waals surface area (Å²) in [6, 6.07) is 1.47. The van der Waals surface area contributed by atoms with E-state index in [1.807, 2.05) is 18.9 Å². The van der Waals surface area contributed by atoms with Crippen LogP contribution in [0.15, 0.2) is 17.2 Å². The fraction of sp³-hybridized carbons (Fsp3) is 0.545. The monoisotopic (exact) mass is 382 g/mol. The molecule has 1 saturated heterocycles. The van der Waals surface area contributed by atoms with Crippen molar-refractivity contribution in [2.75, 3.05) is 26.2 Å². The normalized spacial score (nSPS) is 20.6. The highest BCUT2D eigenvalue weighted by Crippen LogP contribution is 2.38. The average Bonchev–Trinajstić information content (AvgIpc) is 2.97. The number of nitrogens with two attached hydrogens (primary N) is 1. The highest BCUT2D eigenvalue weighted by Gasteiger charge is 2.34. The van der Waals surface area contributed by atoms with Crippen LogP contribution in [0, 0.1) is 6.92 Å². The second-order valence-corrected chi connectivity index (χ2v) is 8.03. The van der Waals surface area contributed by atoms with Gasteiger partial charge in [-0.1, -0.05) is 13.8 Å². The molecule has 3 N–H and O–H groups in total. The summed E-state index contributed by atoms with van der Waals surface area (Å²) in [5.74, 6) is 2.08. The first-order valence-corrected chi connectivity index (χ1v) is 10.1. The molecule has 3 rings (SSSR count). The Balaban J connectivity index is 2.38. The van der Waals surface area contributed by atoms with Crippen molar-refractivity contribution in [1.82, 2.24) is 15.2 Å². The van der Waals surface area contributed by atoms with Crippen LogP contribution in [0.3, 0.4) is 0 Å². The van der Waals surface area contributed by atoms with Gasteiger partial charge in [-0.2, -0.15) is 0 Å². The lowest BCUT2D eigenvalue weighted by Gasteiger charge is -2.29. The third kappa shape index (κ3) is 3.81. The van der Waals surface area contributed by atoms with Crippen LogP contribution in [0.25, 0.3) is 5.70 Å².